The van der Waals surface area contributed by atoms with E-state index >= 15 is 0 Å². The average molecular weight is 263 g/mol. The molecule has 4 nitrogen and oxygen atoms in total. The minimum Gasteiger partial charge on any atom is -0.444 e. The summed E-state index contributed by atoms with van der Waals surface area (Å²) >= 11 is 0. The van der Waals surface area contributed by atoms with E-state index in [9.17, 15) is 4.79 Å². The smallest absolute Gasteiger partial charge is 0.410 e. The van der Waals surface area contributed by atoms with E-state index in [0.717, 1.165) is 18.4 Å². The molecule has 0 aromatic heterocycles. The van der Waals surface area contributed by atoms with E-state index in [0.29, 0.717) is 0 Å². The highest BCUT2D eigenvalue weighted by molar-refractivity contribution is 5.69. The lowest BCUT2D eigenvalue weighted by molar-refractivity contribution is -0.0496. The number of nitrogens with one attached hydrogen (secondary N) is 1. The molecule has 0 saturated heterocycles. The minimum atomic E-state index is -0.765. The van der Waals surface area contributed by atoms with Gasteiger partial charge in [0.05, 0.1) is 0 Å². The van der Waals surface area contributed by atoms with Gasteiger partial charge in [0, 0.05) is 19.1 Å². The molecule has 1 amide bonds. The van der Waals surface area contributed by atoms with Crippen LogP contribution in [0, 0.1) is 0 Å². The third-order valence-corrected chi connectivity index (χ3v) is 3.25. The Morgan fingerprint density at radius 3 is 2.63 bits per heavy atom. The molecular formula is C15H21NO3. The van der Waals surface area contributed by atoms with Crippen molar-refractivity contribution in [2.45, 2.75) is 44.9 Å². The Balaban J connectivity index is 2.20. The molecule has 1 N–H and O–H groups in total. The molecule has 0 heterocycles. The normalized spacial score (nSPS) is 21.9. The van der Waals surface area contributed by atoms with Gasteiger partial charge in [-0.2, -0.15) is 0 Å². The minimum absolute atomic E-state index is 0.453. The van der Waals surface area contributed by atoms with Gasteiger partial charge in [-0.3, -0.25) is 5.32 Å². The number of methoxy groups -OCH3 is 1. The highest BCUT2D eigenvalue weighted by Crippen LogP contribution is 2.37. The lowest BCUT2D eigenvalue weighted by Gasteiger charge is -2.31. The first-order valence-corrected chi connectivity index (χ1v) is 6.51. The first-order chi connectivity index (χ1) is 8.86. The van der Waals surface area contributed by atoms with Crippen LogP contribution in [0.25, 0.3) is 0 Å². The van der Waals surface area contributed by atoms with Crippen LogP contribution < -0.4 is 5.32 Å². The molecule has 0 radical (unpaired) electrons. The van der Waals surface area contributed by atoms with Crippen LogP contribution in [0.1, 0.15) is 38.3 Å². The molecule has 1 aromatic carbocycles. The number of benzene rings is 1. The quantitative estimate of drug-likeness (QED) is 0.834. The second kappa shape index (κ2) is 4.85. The summed E-state index contributed by atoms with van der Waals surface area (Å²) in [6, 6.07) is 8.00. The van der Waals surface area contributed by atoms with E-state index in [2.05, 4.69) is 11.4 Å². The second-order valence-electron chi connectivity index (χ2n) is 5.82. The molecule has 0 saturated carbocycles. The lowest BCUT2D eigenvalue weighted by Crippen LogP contribution is -2.47. The van der Waals surface area contributed by atoms with E-state index in [4.69, 9.17) is 9.47 Å². The standard InChI is InChI=1S/C15H21NO3/c1-14(2,3)19-13(17)16-15(18-4)10-9-11-7-5-6-8-12(11)15/h5-8H,9-10H2,1-4H3,(H,16,17). The first kappa shape index (κ1) is 13.9. The number of carbonyl (C=O) groups excluding carboxylic acids is 1. The fourth-order valence-electron chi connectivity index (χ4n) is 2.44. The largest absolute Gasteiger partial charge is 0.444 e. The number of ether oxygens (including phenoxy) is 2. The Kier molecular flexibility index (Phi) is 3.54. The summed E-state index contributed by atoms with van der Waals surface area (Å²) in [5, 5.41) is 2.87. The van der Waals surface area contributed by atoms with Crippen LogP contribution in [-0.4, -0.2) is 18.8 Å². The molecule has 0 fully saturated rings. The summed E-state index contributed by atoms with van der Waals surface area (Å²) in [6.07, 6.45) is 1.16. The molecule has 1 atom stereocenters. The van der Waals surface area contributed by atoms with Crippen molar-refractivity contribution >= 4 is 6.09 Å². The number of hydrogen-bond acceptors (Lipinski definition) is 3. The number of hydrogen-bond donors (Lipinski definition) is 1. The molecule has 104 valence electrons. The fraction of sp³-hybridized carbons (Fsp3) is 0.533. The summed E-state index contributed by atoms with van der Waals surface area (Å²) in [5.41, 5.74) is 0.944. The van der Waals surface area contributed by atoms with Crippen LogP contribution in [0.4, 0.5) is 4.79 Å². The van der Waals surface area contributed by atoms with E-state index in [1.807, 2.05) is 39.0 Å². The topological polar surface area (TPSA) is 47.6 Å². The molecular weight excluding hydrogens is 242 g/mol. The van der Waals surface area contributed by atoms with Crippen molar-refractivity contribution in [3.63, 3.8) is 0 Å². The zero-order valence-electron chi connectivity index (χ0n) is 11.9. The molecule has 1 aliphatic rings. The van der Waals surface area contributed by atoms with Crippen molar-refractivity contribution in [1.82, 2.24) is 5.32 Å². The Morgan fingerprint density at radius 2 is 2.00 bits per heavy atom. The van der Waals surface area contributed by atoms with Crippen molar-refractivity contribution in [1.29, 1.82) is 0 Å². The maximum absolute atomic E-state index is 12.0. The SMILES string of the molecule is COC1(NC(=O)OC(C)(C)C)CCc2ccccc21. The number of carbonyl (C=O) groups is 1. The molecule has 4 heteroatoms. The first-order valence-electron chi connectivity index (χ1n) is 6.51. The van der Waals surface area contributed by atoms with E-state index in [1.54, 1.807) is 7.11 Å². The number of amides is 1. The van der Waals surface area contributed by atoms with Gasteiger partial charge in [-0.15, -0.1) is 0 Å². The Labute approximate surface area is 114 Å². The highest BCUT2D eigenvalue weighted by Gasteiger charge is 2.41. The highest BCUT2D eigenvalue weighted by atomic mass is 16.6. The Bertz CT molecular complexity index is 479. The number of rotatable bonds is 2. The Hall–Kier alpha value is -1.55. The van der Waals surface area contributed by atoms with Gasteiger partial charge in [0.2, 0.25) is 0 Å². The second-order valence-corrected chi connectivity index (χ2v) is 5.82. The summed E-state index contributed by atoms with van der Waals surface area (Å²) < 4.78 is 10.9. The van der Waals surface area contributed by atoms with Gasteiger partial charge in [0.1, 0.15) is 5.60 Å². The van der Waals surface area contributed by atoms with Crippen LogP contribution in [0.3, 0.4) is 0 Å². The lowest BCUT2D eigenvalue weighted by atomic mass is 10.1. The summed E-state index contributed by atoms with van der Waals surface area (Å²) in [7, 11) is 1.61. The summed E-state index contributed by atoms with van der Waals surface area (Å²) in [6.45, 7) is 5.53. The molecule has 1 aliphatic carbocycles. The number of fused-ring (bicyclic) bond motifs is 1. The van der Waals surface area contributed by atoms with Gasteiger partial charge in [0.15, 0.2) is 5.72 Å². The Morgan fingerprint density at radius 1 is 1.32 bits per heavy atom. The van der Waals surface area contributed by atoms with Crippen molar-refractivity contribution in [2.75, 3.05) is 7.11 Å². The van der Waals surface area contributed by atoms with Crippen LogP contribution in [0.2, 0.25) is 0 Å². The molecule has 1 unspecified atom stereocenters. The third-order valence-electron chi connectivity index (χ3n) is 3.25. The average Bonchev–Trinajstić information content (AvgIpc) is 2.67. The molecule has 0 bridgehead atoms. The van der Waals surface area contributed by atoms with Gasteiger partial charge in [-0.25, -0.2) is 4.79 Å². The monoisotopic (exact) mass is 263 g/mol. The van der Waals surface area contributed by atoms with Gasteiger partial charge in [-0.05, 0) is 32.8 Å². The van der Waals surface area contributed by atoms with Crippen LogP contribution in [-0.2, 0) is 21.6 Å². The maximum atomic E-state index is 12.0. The van der Waals surface area contributed by atoms with E-state index in [1.165, 1.54) is 5.56 Å². The zero-order chi connectivity index (χ0) is 14.1. The van der Waals surface area contributed by atoms with Gasteiger partial charge in [0.25, 0.3) is 0 Å². The van der Waals surface area contributed by atoms with E-state index < -0.39 is 17.4 Å². The van der Waals surface area contributed by atoms with Gasteiger partial charge in [-0.1, -0.05) is 24.3 Å². The van der Waals surface area contributed by atoms with Crippen molar-refractivity contribution in [2.24, 2.45) is 0 Å². The van der Waals surface area contributed by atoms with Crippen molar-refractivity contribution in [3.8, 4) is 0 Å². The zero-order valence-corrected chi connectivity index (χ0v) is 11.9. The number of alkyl carbamates (subject to hydrolysis) is 1. The molecule has 0 spiro atoms. The van der Waals surface area contributed by atoms with Crippen LogP contribution in [0.15, 0.2) is 24.3 Å². The van der Waals surface area contributed by atoms with Crippen LogP contribution in [0.5, 0.6) is 0 Å². The summed E-state index contributed by atoms with van der Waals surface area (Å²) in [5.74, 6) is 0. The van der Waals surface area contributed by atoms with Crippen molar-refractivity contribution < 1.29 is 14.3 Å². The van der Waals surface area contributed by atoms with Crippen molar-refractivity contribution in [3.05, 3.63) is 35.4 Å². The predicted octanol–water partition coefficient (Wildman–Crippen LogP) is 2.96. The molecule has 2 rings (SSSR count). The molecule has 19 heavy (non-hydrogen) atoms. The third kappa shape index (κ3) is 2.89. The number of aryl methyl sites for hydroxylation is 1. The van der Waals surface area contributed by atoms with Gasteiger partial charge < -0.3 is 9.47 Å². The van der Waals surface area contributed by atoms with Crippen LogP contribution >= 0.6 is 0 Å². The predicted molar refractivity (Wildman–Crippen MR) is 72.8 cm³/mol. The maximum Gasteiger partial charge on any atom is 0.410 e. The van der Waals surface area contributed by atoms with Gasteiger partial charge >= 0.3 is 6.09 Å². The van der Waals surface area contributed by atoms with E-state index in [-0.39, 0.29) is 0 Å². The molecule has 1 aromatic rings. The molecule has 0 aliphatic heterocycles. The fourth-order valence-corrected chi connectivity index (χ4v) is 2.44. The summed E-state index contributed by atoms with van der Waals surface area (Å²) in [4.78, 5) is 12.0.